The average molecular weight is 628 g/mol. The summed E-state index contributed by atoms with van der Waals surface area (Å²) in [4.78, 5) is 34.7. The summed E-state index contributed by atoms with van der Waals surface area (Å²) in [5.41, 5.74) is 0.200. The molecule has 0 radical (unpaired) electrons. The molecule has 5 aliphatic heterocycles. The maximum absolute atomic E-state index is 16.2. The summed E-state index contributed by atoms with van der Waals surface area (Å²) in [5, 5.41) is 6.64. The molecule has 9 nitrogen and oxygen atoms in total. The number of alkyl halides is 1. The fourth-order valence-electron chi connectivity index (χ4n) is 10.8. The highest BCUT2D eigenvalue weighted by molar-refractivity contribution is 6.20. The Bertz CT molecular complexity index is 1150. The average Bonchev–Trinajstić information content (AvgIpc) is 3.79. The van der Waals surface area contributed by atoms with Crippen LogP contribution in [0, 0.1) is 17.8 Å². The maximum atomic E-state index is 16.2. The van der Waals surface area contributed by atoms with E-state index in [1.807, 2.05) is 6.20 Å². The molecule has 12 atom stereocenters. The van der Waals surface area contributed by atoms with Gasteiger partial charge in [-0.1, -0.05) is 12.8 Å². The number of Topliss-reactive ketones (excluding diaryl/α,β-unsaturated/α-hetero) is 1. The van der Waals surface area contributed by atoms with Crippen LogP contribution in [0.25, 0.3) is 0 Å². The van der Waals surface area contributed by atoms with Crippen LogP contribution >= 0.6 is 0 Å². The van der Waals surface area contributed by atoms with Crippen LogP contribution in [0.1, 0.15) is 77.0 Å². The number of hydrogen-bond acceptors (Lipinski definition) is 8. The van der Waals surface area contributed by atoms with Crippen molar-refractivity contribution in [1.29, 1.82) is 0 Å². The summed E-state index contributed by atoms with van der Waals surface area (Å²) in [7, 11) is 2.14. The van der Waals surface area contributed by atoms with Crippen LogP contribution in [0.5, 0.6) is 0 Å². The van der Waals surface area contributed by atoms with Crippen LogP contribution < -0.4 is 10.6 Å². The van der Waals surface area contributed by atoms with Crippen LogP contribution in [0.15, 0.2) is 11.8 Å². The predicted octanol–water partition coefficient (Wildman–Crippen LogP) is 2.64. The zero-order valence-electron chi connectivity index (χ0n) is 27.1. The Hall–Kier alpha value is -1.59. The Morgan fingerprint density at radius 1 is 0.933 bits per heavy atom. The van der Waals surface area contributed by atoms with Gasteiger partial charge in [-0.2, -0.15) is 0 Å². The van der Waals surface area contributed by atoms with Crippen LogP contribution in [0.2, 0.25) is 0 Å². The van der Waals surface area contributed by atoms with E-state index in [4.69, 9.17) is 9.47 Å². The smallest absolute Gasteiger partial charge is 0.256 e. The van der Waals surface area contributed by atoms with Crippen molar-refractivity contribution in [2.24, 2.45) is 17.8 Å². The van der Waals surface area contributed by atoms with Gasteiger partial charge in [-0.05, 0) is 103 Å². The SMILES string of the molecule is CN1CCCC1CCNC(=O)C1=CN2C3CC4OC5CCCCC5C4CC3OC3C(NCCN4CCCC4)C(F)CC(C1=O)C32. The molecule has 1 amide bonds. The normalized spacial score (nSPS) is 44.6. The molecule has 250 valence electrons. The standard InChI is InChI=1S/C35H54FN5O4/c1-39-13-6-7-21(39)10-11-38-35(43)25-20-41-27-19-29-23(22-8-2-3-9-28(22)44-29)18-30(27)45-34-31(37-12-16-40-14-4-5-15-40)26(36)17-24(32(34)41)33(25)42/h20-24,26-32,34,37H,2-19H2,1H3,(H,38,43). The summed E-state index contributed by atoms with van der Waals surface area (Å²) in [6.45, 7) is 5.48. The first-order chi connectivity index (χ1) is 22.0. The minimum Gasteiger partial charge on any atom is -0.374 e. The molecule has 0 bridgehead atoms. The van der Waals surface area contributed by atoms with Crippen molar-refractivity contribution in [3.63, 3.8) is 0 Å². The molecule has 7 fully saturated rings. The Kier molecular flexibility index (Phi) is 8.73. The van der Waals surface area contributed by atoms with Gasteiger partial charge in [-0.25, -0.2) is 4.39 Å². The van der Waals surface area contributed by atoms with E-state index in [1.54, 1.807) is 0 Å². The molecule has 0 aromatic carbocycles. The van der Waals surface area contributed by atoms with Gasteiger partial charge in [0, 0.05) is 37.8 Å². The predicted molar refractivity (Wildman–Crippen MR) is 168 cm³/mol. The van der Waals surface area contributed by atoms with Crippen molar-refractivity contribution in [1.82, 2.24) is 25.3 Å². The molecule has 2 N–H and O–H groups in total. The first-order valence-electron chi connectivity index (χ1n) is 18.4. The van der Waals surface area contributed by atoms with E-state index in [0.29, 0.717) is 37.1 Å². The largest absolute Gasteiger partial charge is 0.374 e. The van der Waals surface area contributed by atoms with Crippen LogP contribution in [-0.4, -0.2) is 127 Å². The van der Waals surface area contributed by atoms with Crippen molar-refractivity contribution < 1.29 is 23.5 Å². The van der Waals surface area contributed by atoms with E-state index in [1.165, 1.54) is 38.5 Å². The zero-order valence-corrected chi connectivity index (χ0v) is 27.1. The highest BCUT2D eigenvalue weighted by atomic mass is 19.1. The molecule has 8 aliphatic rings. The van der Waals surface area contributed by atoms with Crippen molar-refractivity contribution in [2.45, 2.75) is 132 Å². The number of ketones is 1. The third kappa shape index (κ3) is 5.68. The Balaban J connectivity index is 1.04. The Labute approximate surface area is 268 Å². The molecular formula is C35H54FN5O4. The number of nitrogens with one attached hydrogen (secondary N) is 2. The van der Waals surface area contributed by atoms with Gasteiger partial charge in [0.1, 0.15) is 6.17 Å². The molecule has 4 saturated heterocycles. The van der Waals surface area contributed by atoms with Gasteiger partial charge >= 0.3 is 0 Å². The quantitative estimate of drug-likeness (QED) is 0.398. The number of fused-ring (bicyclic) bond motifs is 5. The molecule has 3 saturated carbocycles. The van der Waals surface area contributed by atoms with Crippen LogP contribution in [0.4, 0.5) is 4.39 Å². The Morgan fingerprint density at radius 3 is 2.60 bits per heavy atom. The van der Waals surface area contributed by atoms with Gasteiger partial charge in [0.2, 0.25) is 0 Å². The number of amides is 1. The van der Waals surface area contributed by atoms with Gasteiger partial charge in [0.25, 0.3) is 5.91 Å². The lowest BCUT2D eigenvalue weighted by molar-refractivity contribution is -0.209. The van der Waals surface area contributed by atoms with E-state index in [-0.39, 0.29) is 48.0 Å². The number of morpholine rings is 1. The Morgan fingerprint density at radius 2 is 1.78 bits per heavy atom. The van der Waals surface area contributed by atoms with Crippen LogP contribution in [-0.2, 0) is 19.1 Å². The summed E-state index contributed by atoms with van der Waals surface area (Å²) in [6, 6.07) is -0.229. The summed E-state index contributed by atoms with van der Waals surface area (Å²) >= 11 is 0. The second-order valence-corrected chi connectivity index (χ2v) is 15.6. The van der Waals surface area contributed by atoms with Crippen molar-refractivity contribution in [3.05, 3.63) is 11.8 Å². The minimum absolute atomic E-state index is 0.0274. The van der Waals surface area contributed by atoms with Crippen molar-refractivity contribution >= 4 is 11.7 Å². The molecular weight excluding hydrogens is 573 g/mol. The zero-order chi connectivity index (χ0) is 30.7. The van der Waals surface area contributed by atoms with E-state index >= 15 is 4.39 Å². The lowest BCUT2D eigenvalue weighted by Crippen LogP contribution is -2.73. The maximum Gasteiger partial charge on any atom is 0.256 e. The topological polar surface area (TPSA) is 86.4 Å². The van der Waals surface area contributed by atoms with E-state index in [0.717, 1.165) is 58.3 Å². The summed E-state index contributed by atoms with van der Waals surface area (Å²) in [6.07, 6.45) is 13.2. The third-order valence-electron chi connectivity index (χ3n) is 13.1. The number of carbonyl (C=O) groups excluding carboxylic acids is 2. The van der Waals surface area contributed by atoms with E-state index in [9.17, 15) is 9.59 Å². The monoisotopic (exact) mass is 627 g/mol. The number of nitrogens with zero attached hydrogens (tertiary/aromatic N) is 3. The highest BCUT2D eigenvalue weighted by Gasteiger charge is 2.61. The highest BCUT2D eigenvalue weighted by Crippen LogP contribution is 2.52. The number of likely N-dealkylation sites (tertiary alicyclic amines) is 2. The number of hydrogen-bond donors (Lipinski definition) is 2. The molecule has 0 spiro atoms. The molecule has 0 aromatic heterocycles. The summed E-state index contributed by atoms with van der Waals surface area (Å²) in [5.74, 6) is -0.0426. The molecule has 8 rings (SSSR count). The van der Waals surface area contributed by atoms with E-state index < -0.39 is 24.2 Å². The molecule has 45 heavy (non-hydrogen) atoms. The van der Waals surface area contributed by atoms with Gasteiger partial charge in [-0.15, -0.1) is 0 Å². The molecule has 12 unspecified atom stereocenters. The number of ether oxygens (including phenoxy) is 2. The fraction of sp³-hybridized carbons (Fsp3) is 0.886. The van der Waals surface area contributed by atoms with Gasteiger partial charge in [0.05, 0.1) is 48.1 Å². The minimum atomic E-state index is -1.20. The van der Waals surface area contributed by atoms with Crippen molar-refractivity contribution in [3.8, 4) is 0 Å². The molecule has 0 aromatic rings. The number of halogens is 1. The molecule has 3 aliphatic carbocycles. The lowest BCUT2D eigenvalue weighted by atomic mass is 9.67. The first kappa shape index (κ1) is 30.7. The third-order valence-corrected chi connectivity index (χ3v) is 13.1. The second-order valence-electron chi connectivity index (χ2n) is 15.6. The second kappa shape index (κ2) is 12.8. The van der Waals surface area contributed by atoms with E-state index in [2.05, 4.69) is 32.4 Å². The number of carbonyl (C=O) groups is 2. The lowest BCUT2D eigenvalue weighted by Gasteiger charge is -2.60. The summed E-state index contributed by atoms with van der Waals surface area (Å²) < 4.78 is 29.9. The van der Waals surface area contributed by atoms with Gasteiger partial charge in [-0.3, -0.25) is 9.59 Å². The first-order valence-corrected chi connectivity index (χ1v) is 18.4. The number of rotatable bonds is 8. The van der Waals surface area contributed by atoms with Crippen LogP contribution in [0.3, 0.4) is 0 Å². The van der Waals surface area contributed by atoms with Crippen molar-refractivity contribution in [2.75, 3.05) is 46.3 Å². The fourth-order valence-corrected chi connectivity index (χ4v) is 10.8. The molecule has 10 heteroatoms. The van der Waals surface area contributed by atoms with Gasteiger partial charge in [0.15, 0.2) is 5.78 Å². The van der Waals surface area contributed by atoms with Gasteiger partial charge < -0.3 is 34.8 Å². The molecule has 5 heterocycles.